The Labute approximate surface area is 166 Å². The Hall–Kier alpha value is -1.06. The molecule has 1 aromatic carbocycles. The van der Waals surface area contributed by atoms with Crippen LogP contribution in [0.25, 0.3) is 0 Å². The van der Waals surface area contributed by atoms with Crippen molar-refractivity contribution in [1.29, 1.82) is 0 Å². The maximum atomic E-state index is 13.9. The van der Waals surface area contributed by atoms with E-state index >= 15 is 0 Å². The van der Waals surface area contributed by atoms with Gasteiger partial charge in [-0.2, -0.15) is 13.2 Å². The maximum Gasteiger partial charge on any atom is 0.419 e. The lowest BCUT2D eigenvalue weighted by Crippen LogP contribution is -2.34. The molecule has 4 atom stereocenters. The number of rotatable bonds is 2. The second-order valence-corrected chi connectivity index (χ2v) is 9.86. The van der Waals surface area contributed by atoms with Crippen LogP contribution in [0.5, 0.6) is 0 Å². The fraction of sp³-hybridized carbons (Fsp3) is 0.750. The van der Waals surface area contributed by atoms with Crippen LogP contribution in [0.2, 0.25) is 0 Å². The molecular formula is C24H32F4. The van der Waals surface area contributed by atoms with Crippen molar-refractivity contribution < 1.29 is 17.6 Å². The molecule has 0 nitrogen and oxygen atoms in total. The molecule has 0 spiro atoms. The summed E-state index contributed by atoms with van der Waals surface area (Å²) in [5.41, 5.74) is -0.405. The van der Waals surface area contributed by atoms with Crippen LogP contribution >= 0.6 is 0 Å². The van der Waals surface area contributed by atoms with E-state index in [-0.39, 0.29) is 5.92 Å². The lowest BCUT2D eigenvalue weighted by atomic mass is 9.61. The first kappa shape index (κ1) is 20.2. The summed E-state index contributed by atoms with van der Waals surface area (Å²) in [5, 5.41) is 0. The van der Waals surface area contributed by atoms with Gasteiger partial charge in [-0.1, -0.05) is 19.4 Å². The van der Waals surface area contributed by atoms with Gasteiger partial charge in [0.05, 0.1) is 5.56 Å². The number of alkyl halides is 3. The molecule has 4 unspecified atom stereocenters. The molecule has 0 bridgehead atoms. The summed E-state index contributed by atoms with van der Waals surface area (Å²) in [5.74, 6) is 3.45. The van der Waals surface area contributed by atoms with E-state index < -0.39 is 17.6 Å². The lowest BCUT2D eigenvalue weighted by molar-refractivity contribution is -0.140. The second kappa shape index (κ2) is 7.99. The molecule has 3 aliphatic rings. The third-order valence-corrected chi connectivity index (χ3v) is 8.12. The van der Waals surface area contributed by atoms with E-state index in [4.69, 9.17) is 0 Å². The Balaban J connectivity index is 1.33. The summed E-state index contributed by atoms with van der Waals surface area (Å²) in [6.45, 7) is 2.40. The highest BCUT2D eigenvalue weighted by Gasteiger charge is 2.38. The molecule has 3 fully saturated rings. The largest absolute Gasteiger partial charge is 0.419 e. The van der Waals surface area contributed by atoms with Gasteiger partial charge in [-0.25, -0.2) is 4.39 Å². The van der Waals surface area contributed by atoms with Crippen LogP contribution in [0.4, 0.5) is 17.6 Å². The van der Waals surface area contributed by atoms with Crippen molar-refractivity contribution in [3.05, 3.63) is 35.1 Å². The van der Waals surface area contributed by atoms with E-state index in [1.54, 1.807) is 0 Å². The standard InChI is InChI=1S/C24H32F4/c1-15-2-3-20-13-19(9-8-18(20)12-15)16-4-6-17(7-5-16)21-10-11-22(23(25)14-21)24(26,27)28/h10-11,14-20H,2-9,12-13H2,1H3. The third kappa shape index (κ3) is 4.26. The van der Waals surface area contributed by atoms with Crippen molar-refractivity contribution >= 4 is 0 Å². The van der Waals surface area contributed by atoms with E-state index in [9.17, 15) is 17.6 Å². The molecule has 156 valence electrons. The molecular weight excluding hydrogens is 364 g/mol. The molecule has 3 aliphatic carbocycles. The Morgan fingerprint density at radius 1 is 0.750 bits per heavy atom. The van der Waals surface area contributed by atoms with Crippen molar-refractivity contribution in [2.24, 2.45) is 29.6 Å². The van der Waals surface area contributed by atoms with Crippen molar-refractivity contribution in [1.82, 2.24) is 0 Å². The van der Waals surface area contributed by atoms with E-state index in [1.165, 1.54) is 44.6 Å². The van der Waals surface area contributed by atoms with E-state index in [0.29, 0.717) is 0 Å². The van der Waals surface area contributed by atoms with Crippen molar-refractivity contribution in [3.63, 3.8) is 0 Å². The molecule has 0 aliphatic heterocycles. The van der Waals surface area contributed by atoms with Crippen LogP contribution in [0.1, 0.15) is 88.2 Å². The summed E-state index contributed by atoms with van der Waals surface area (Å²) >= 11 is 0. The topological polar surface area (TPSA) is 0 Å². The summed E-state index contributed by atoms with van der Waals surface area (Å²) in [6, 6.07) is 3.54. The van der Waals surface area contributed by atoms with Crippen LogP contribution in [-0.4, -0.2) is 0 Å². The highest BCUT2D eigenvalue weighted by atomic mass is 19.4. The third-order valence-electron chi connectivity index (χ3n) is 8.12. The monoisotopic (exact) mass is 396 g/mol. The average molecular weight is 397 g/mol. The Bertz CT molecular complexity index is 672. The minimum atomic E-state index is -4.62. The van der Waals surface area contributed by atoms with Crippen LogP contribution < -0.4 is 0 Å². The number of fused-ring (bicyclic) bond motifs is 1. The molecule has 28 heavy (non-hydrogen) atoms. The van der Waals surface area contributed by atoms with Crippen molar-refractivity contribution in [3.8, 4) is 0 Å². The summed E-state index contributed by atoms with van der Waals surface area (Å²) in [6.07, 6.45) is 8.00. The van der Waals surface area contributed by atoms with Crippen molar-refractivity contribution in [2.75, 3.05) is 0 Å². The molecule has 1 aromatic rings. The maximum absolute atomic E-state index is 13.9. The number of hydrogen-bond donors (Lipinski definition) is 0. The Morgan fingerprint density at radius 2 is 1.32 bits per heavy atom. The normalized spacial score (nSPS) is 36.8. The van der Waals surface area contributed by atoms with Gasteiger partial charge in [-0.05, 0) is 111 Å². The molecule has 0 amide bonds. The Kier molecular flexibility index (Phi) is 5.77. The van der Waals surface area contributed by atoms with E-state index in [0.717, 1.165) is 73.0 Å². The SMILES string of the molecule is CC1CCC2CC(C3CCC(c4ccc(C(F)(F)F)c(F)c4)CC3)CCC2C1. The van der Waals surface area contributed by atoms with Crippen LogP contribution in [-0.2, 0) is 6.18 Å². The van der Waals surface area contributed by atoms with Gasteiger partial charge >= 0.3 is 6.18 Å². The number of halogens is 4. The van der Waals surface area contributed by atoms with Gasteiger partial charge in [0, 0.05) is 0 Å². The minimum absolute atomic E-state index is 0.208. The summed E-state index contributed by atoms with van der Waals surface area (Å²) in [4.78, 5) is 0. The first-order valence-corrected chi connectivity index (χ1v) is 11.2. The highest BCUT2D eigenvalue weighted by molar-refractivity contribution is 5.29. The van der Waals surface area contributed by atoms with E-state index in [1.807, 2.05) is 0 Å². The first-order valence-electron chi connectivity index (χ1n) is 11.2. The van der Waals surface area contributed by atoms with E-state index in [2.05, 4.69) is 6.92 Å². The first-order chi connectivity index (χ1) is 13.3. The molecule has 0 aromatic heterocycles. The zero-order valence-electron chi connectivity index (χ0n) is 16.8. The van der Waals surface area contributed by atoms with Gasteiger partial charge in [0.15, 0.2) is 0 Å². The average Bonchev–Trinajstić information content (AvgIpc) is 2.66. The van der Waals surface area contributed by atoms with Crippen LogP contribution in [0.3, 0.4) is 0 Å². The van der Waals surface area contributed by atoms with Crippen LogP contribution in [0, 0.1) is 35.4 Å². The molecule has 3 saturated carbocycles. The summed E-state index contributed by atoms with van der Waals surface area (Å²) in [7, 11) is 0. The molecule has 0 heterocycles. The van der Waals surface area contributed by atoms with Gasteiger partial charge < -0.3 is 0 Å². The minimum Gasteiger partial charge on any atom is -0.206 e. The van der Waals surface area contributed by atoms with Gasteiger partial charge in [0.25, 0.3) is 0 Å². The van der Waals surface area contributed by atoms with Gasteiger partial charge in [0.1, 0.15) is 5.82 Å². The predicted octanol–water partition coefficient (Wildman–Crippen LogP) is 7.97. The number of benzene rings is 1. The zero-order chi connectivity index (χ0) is 19.9. The summed E-state index contributed by atoms with van der Waals surface area (Å²) < 4.78 is 52.3. The predicted molar refractivity (Wildman–Crippen MR) is 103 cm³/mol. The second-order valence-electron chi connectivity index (χ2n) is 9.86. The van der Waals surface area contributed by atoms with Gasteiger partial charge in [-0.3, -0.25) is 0 Å². The Morgan fingerprint density at radius 3 is 1.96 bits per heavy atom. The van der Waals surface area contributed by atoms with Gasteiger partial charge in [0.2, 0.25) is 0 Å². The molecule has 4 heteroatoms. The van der Waals surface area contributed by atoms with Crippen molar-refractivity contribution in [2.45, 2.75) is 83.2 Å². The van der Waals surface area contributed by atoms with Crippen LogP contribution in [0.15, 0.2) is 18.2 Å². The fourth-order valence-electron chi connectivity index (χ4n) is 6.53. The zero-order valence-corrected chi connectivity index (χ0v) is 16.8. The van der Waals surface area contributed by atoms with Gasteiger partial charge in [-0.15, -0.1) is 0 Å². The smallest absolute Gasteiger partial charge is 0.206 e. The fourth-order valence-corrected chi connectivity index (χ4v) is 6.53. The highest BCUT2D eigenvalue weighted by Crippen LogP contribution is 2.50. The molecule has 0 saturated heterocycles. The lowest BCUT2D eigenvalue weighted by Gasteiger charge is -2.45. The number of hydrogen-bond acceptors (Lipinski definition) is 0. The molecule has 0 N–H and O–H groups in total. The quantitative estimate of drug-likeness (QED) is 0.445. The molecule has 4 rings (SSSR count). The molecule has 0 radical (unpaired) electrons.